The van der Waals surface area contributed by atoms with Gasteiger partial charge in [-0.25, -0.2) is 14.4 Å². The summed E-state index contributed by atoms with van der Waals surface area (Å²) < 4.78 is 13.9. The molecule has 1 fully saturated rings. The highest BCUT2D eigenvalue weighted by atomic mass is 127. The van der Waals surface area contributed by atoms with Gasteiger partial charge in [-0.1, -0.05) is 0 Å². The Morgan fingerprint density at radius 2 is 2.10 bits per heavy atom. The second kappa shape index (κ2) is 5.16. The normalized spacial score (nSPS) is 14.3. The Hall–Kier alpha value is -1.44. The maximum atomic E-state index is 13.1. The Balaban J connectivity index is 1.97. The van der Waals surface area contributed by atoms with Crippen molar-refractivity contribution in [3.05, 3.63) is 39.0 Å². The largest absolute Gasteiger partial charge is 0.383 e. The highest BCUT2D eigenvalue weighted by Gasteiger charge is 2.28. The molecule has 1 aliphatic rings. The second-order valence-corrected chi connectivity index (χ2v) is 6.13. The molecule has 0 bridgehead atoms. The number of nitrogen functional groups attached to an aromatic ring is 1. The lowest BCUT2D eigenvalue weighted by Gasteiger charge is -2.13. The zero-order valence-corrected chi connectivity index (χ0v) is 13.1. The van der Waals surface area contributed by atoms with E-state index in [-0.39, 0.29) is 5.82 Å². The predicted molar refractivity (Wildman–Crippen MR) is 85.6 cm³/mol. The van der Waals surface area contributed by atoms with Gasteiger partial charge >= 0.3 is 0 Å². The molecule has 0 aliphatic heterocycles. The van der Waals surface area contributed by atoms with Crippen molar-refractivity contribution in [1.82, 2.24) is 9.97 Å². The van der Waals surface area contributed by atoms with E-state index in [2.05, 4.69) is 37.9 Å². The number of nitrogens with one attached hydrogen (secondary N) is 1. The van der Waals surface area contributed by atoms with E-state index in [1.165, 1.54) is 12.1 Å². The summed E-state index contributed by atoms with van der Waals surface area (Å²) in [5.74, 6) is 2.18. The standard InChI is InChI=1S/C14H14FIN4/c1-7-12(17)19-14(8-2-3-8)20-13(7)18-11-5-4-9(15)6-10(11)16/h4-6,8H,2-3H2,1H3,(H3,17,18,19,20). The van der Waals surface area contributed by atoms with Crippen LogP contribution in [0.5, 0.6) is 0 Å². The third-order valence-corrected chi connectivity index (χ3v) is 4.22. The third-order valence-electron chi connectivity index (χ3n) is 3.33. The summed E-state index contributed by atoms with van der Waals surface area (Å²) in [6.45, 7) is 1.88. The predicted octanol–water partition coefficient (Wildman–Crippen LogP) is 3.73. The number of anilines is 3. The zero-order chi connectivity index (χ0) is 14.3. The first kappa shape index (κ1) is 13.5. The molecule has 3 N–H and O–H groups in total. The lowest BCUT2D eigenvalue weighted by molar-refractivity contribution is 0.627. The zero-order valence-electron chi connectivity index (χ0n) is 11.0. The summed E-state index contributed by atoms with van der Waals surface area (Å²) in [6.07, 6.45) is 2.24. The van der Waals surface area contributed by atoms with Gasteiger partial charge in [-0.2, -0.15) is 0 Å². The summed E-state index contributed by atoms with van der Waals surface area (Å²) in [6, 6.07) is 4.60. The first-order chi connectivity index (χ1) is 9.54. The third kappa shape index (κ3) is 2.70. The van der Waals surface area contributed by atoms with Gasteiger partial charge in [-0.05, 0) is 60.6 Å². The van der Waals surface area contributed by atoms with Crippen molar-refractivity contribution in [2.45, 2.75) is 25.7 Å². The molecule has 20 heavy (non-hydrogen) atoms. The van der Waals surface area contributed by atoms with Crippen LogP contribution >= 0.6 is 22.6 Å². The lowest BCUT2D eigenvalue weighted by Crippen LogP contribution is -2.07. The van der Waals surface area contributed by atoms with E-state index in [1.807, 2.05) is 6.92 Å². The average molecular weight is 384 g/mol. The van der Waals surface area contributed by atoms with Crippen LogP contribution < -0.4 is 11.1 Å². The van der Waals surface area contributed by atoms with E-state index in [0.717, 1.165) is 33.5 Å². The molecule has 1 aromatic heterocycles. The van der Waals surface area contributed by atoms with Crippen molar-refractivity contribution < 1.29 is 4.39 Å². The van der Waals surface area contributed by atoms with Gasteiger partial charge in [-0.3, -0.25) is 0 Å². The van der Waals surface area contributed by atoms with Crippen LogP contribution in [0.25, 0.3) is 0 Å². The van der Waals surface area contributed by atoms with Crippen LogP contribution in [0.15, 0.2) is 18.2 Å². The average Bonchev–Trinajstić information content (AvgIpc) is 3.22. The molecule has 0 radical (unpaired) electrons. The number of benzene rings is 1. The Labute approximate surface area is 130 Å². The molecular formula is C14H14FIN4. The van der Waals surface area contributed by atoms with Crippen LogP contribution in [0.3, 0.4) is 0 Å². The van der Waals surface area contributed by atoms with Gasteiger partial charge in [0.05, 0.1) is 5.69 Å². The van der Waals surface area contributed by atoms with Crippen molar-refractivity contribution in [2.24, 2.45) is 0 Å². The quantitative estimate of drug-likeness (QED) is 0.792. The molecular weight excluding hydrogens is 370 g/mol. The number of nitrogens with zero attached hydrogens (tertiary/aromatic N) is 2. The van der Waals surface area contributed by atoms with Gasteiger partial charge in [0.15, 0.2) is 0 Å². The van der Waals surface area contributed by atoms with Crippen LogP contribution in [-0.2, 0) is 0 Å². The summed E-state index contributed by atoms with van der Waals surface area (Å²) in [4.78, 5) is 8.89. The molecule has 0 unspecified atom stereocenters. The topological polar surface area (TPSA) is 63.8 Å². The highest BCUT2D eigenvalue weighted by molar-refractivity contribution is 14.1. The van der Waals surface area contributed by atoms with Gasteiger partial charge in [-0.15, -0.1) is 0 Å². The molecule has 0 amide bonds. The fourth-order valence-electron chi connectivity index (χ4n) is 1.92. The maximum absolute atomic E-state index is 13.1. The Bertz CT molecular complexity index is 670. The smallest absolute Gasteiger partial charge is 0.139 e. The minimum absolute atomic E-state index is 0.252. The maximum Gasteiger partial charge on any atom is 0.139 e. The van der Waals surface area contributed by atoms with E-state index in [1.54, 1.807) is 6.07 Å². The highest BCUT2D eigenvalue weighted by Crippen LogP contribution is 2.39. The first-order valence-electron chi connectivity index (χ1n) is 6.40. The number of nitrogens with two attached hydrogens (primary N) is 1. The molecule has 1 saturated carbocycles. The van der Waals surface area contributed by atoms with Gasteiger partial charge in [0.2, 0.25) is 0 Å². The summed E-state index contributed by atoms with van der Waals surface area (Å²) >= 11 is 2.09. The van der Waals surface area contributed by atoms with Gasteiger partial charge < -0.3 is 11.1 Å². The molecule has 1 aliphatic carbocycles. The van der Waals surface area contributed by atoms with E-state index in [9.17, 15) is 4.39 Å². The van der Waals surface area contributed by atoms with Gasteiger partial charge in [0, 0.05) is 15.1 Å². The number of rotatable bonds is 3. The molecule has 1 heterocycles. The fraction of sp³-hybridized carbons (Fsp3) is 0.286. The lowest BCUT2D eigenvalue weighted by atomic mass is 10.2. The van der Waals surface area contributed by atoms with Gasteiger partial charge in [0.25, 0.3) is 0 Å². The summed E-state index contributed by atoms with van der Waals surface area (Å²) in [5, 5.41) is 3.23. The van der Waals surface area contributed by atoms with Crippen LogP contribution in [-0.4, -0.2) is 9.97 Å². The van der Waals surface area contributed by atoms with E-state index in [4.69, 9.17) is 5.73 Å². The van der Waals surface area contributed by atoms with Crippen molar-refractivity contribution in [2.75, 3.05) is 11.1 Å². The van der Waals surface area contributed by atoms with Crippen LogP contribution in [0.4, 0.5) is 21.7 Å². The van der Waals surface area contributed by atoms with Crippen molar-refractivity contribution in [1.29, 1.82) is 0 Å². The van der Waals surface area contributed by atoms with Gasteiger partial charge in [0.1, 0.15) is 23.3 Å². The van der Waals surface area contributed by atoms with E-state index < -0.39 is 0 Å². The first-order valence-corrected chi connectivity index (χ1v) is 7.48. The molecule has 104 valence electrons. The Kier molecular flexibility index (Phi) is 3.49. The fourth-order valence-corrected chi connectivity index (χ4v) is 2.53. The molecule has 3 rings (SSSR count). The van der Waals surface area contributed by atoms with Crippen LogP contribution in [0, 0.1) is 16.3 Å². The van der Waals surface area contributed by atoms with Crippen molar-refractivity contribution in [3.8, 4) is 0 Å². The number of hydrogen-bond acceptors (Lipinski definition) is 4. The minimum atomic E-state index is -0.252. The second-order valence-electron chi connectivity index (χ2n) is 4.96. The SMILES string of the molecule is Cc1c(N)nc(C2CC2)nc1Nc1ccc(F)cc1I. The van der Waals surface area contributed by atoms with Crippen molar-refractivity contribution >= 4 is 39.9 Å². The monoisotopic (exact) mass is 384 g/mol. The number of hydrogen-bond donors (Lipinski definition) is 2. The van der Waals surface area contributed by atoms with E-state index in [0.29, 0.717) is 17.6 Å². The molecule has 0 spiro atoms. The molecule has 0 saturated heterocycles. The summed E-state index contributed by atoms with van der Waals surface area (Å²) in [7, 11) is 0. The molecule has 1 aromatic carbocycles. The van der Waals surface area contributed by atoms with Crippen LogP contribution in [0.2, 0.25) is 0 Å². The molecule has 4 nitrogen and oxygen atoms in total. The molecule has 2 aromatic rings. The number of halogens is 2. The van der Waals surface area contributed by atoms with E-state index >= 15 is 0 Å². The molecule has 6 heteroatoms. The molecule has 0 atom stereocenters. The van der Waals surface area contributed by atoms with Crippen LogP contribution in [0.1, 0.15) is 30.1 Å². The number of aromatic nitrogens is 2. The van der Waals surface area contributed by atoms with Crippen molar-refractivity contribution in [3.63, 3.8) is 0 Å². The Morgan fingerprint density at radius 3 is 2.75 bits per heavy atom. The minimum Gasteiger partial charge on any atom is -0.383 e. The Morgan fingerprint density at radius 1 is 1.35 bits per heavy atom. The summed E-state index contributed by atoms with van der Waals surface area (Å²) in [5.41, 5.74) is 7.58.